The molecule has 19 heavy (non-hydrogen) atoms. The van der Waals surface area contributed by atoms with Crippen LogP contribution in [0, 0.1) is 0 Å². The van der Waals surface area contributed by atoms with Gasteiger partial charge in [-0.1, -0.05) is 0 Å². The number of aromatic nitrogens is 2. The summed E-state index contributed by atoms with van der Waals surface area (Å²) in [5.74, 6) is -0.975. The Kier molecular flexibility index (Phi) is 4.02. The smallest absolute Gasteiger partial charge is 0.335 e. The van der Waals surface area contributed by atoms with Crippen LogP contribution in [0.3, 0.4) is 0 Å². The fraction of sp³-hybridized carbons (Fsp3) is 0.231. The molecule has 0 fully saturated rings. The van der Waals surface area contributed by atoms with Crippen LogP contribution in [0.4, 0.5) is 11.4 Å². The van der Waals surface area contributed by atoms with E-state index in [0.717, 1.165) is 25.2 Å². The van der Waals surface area contributed by atoms with Gasteiger partial charge in [0.2, 0.25) is 0 Å². The number of aromatic carboxylic acids is 1. The zero-order valence-electron chi connectivity index (χ0n) is 10.4. The summed E-state index contributed by atoms with van der Waals surface area (Å²) in [4.78, 5) is 10.8. The summed E-state index contributed by atoms with van der Waals surface area (Å²) < 4.78 is 1.86. The first-order valence-electron chi connectivity index (χ1n) is 6.01. The van der Waals surface area contributed by atoms with Crippen molar-refractivity contribution in [2.45, 2.75) is 13.0 Å². The van der Waals surface area contributed by atoms with E-state index in [1.165, 1.54) is 12.1 Å². The SMILES string of the molecule is Nc1cc(C(=O)O)ccc1NCCCn1cccn1. The fourth-order valence-electron chi connectivity index (χ4n) is 1.75. The van der Waals surface area contributed by atoms with Gasteiger partial charge in [-0.05, 0) is 30.7 Å². The Morgan fingerprint density at radius 1 is 1.47 bits per heavy atom. The molecule has 0 saturated heterocycles. The highest BCUT2D eigenvalue weighted by Gasteiger charge is 2.05. The van der Waals surface area contributed by atoms with Crippen molar-refractivity contribution < 1.29 is 9.90 Å². The van der Waals surface area contributed by atoms with Crippen molar-refractivity contribution in [1.82, 2.24) is 9.78 Å². The van der Waals surface area contributed by atoms with Crippen LogP contribution in [-0.4, -0.2) is 27.4 Å². The topological polar surface area (TPSA) is 93.2 Å². The molecule has 0 bridgehead atoms. The summed E-state index contributed by atoms with van der Waals surface area (Å²) >= 11 is 0. The van der Waals surface area contributed by atoms with Gasteiger partial charge in [0.05, 0.1) is 16.9 Å². The third kappa shape index (κ3) is 3.48. The first-order valence-corrected chi connectivity index (χ1v) is 6.01. The van der Waals surface area contributed by atoms with Gasteiger partial charge in [0.1, 0.15) is 0 Å². The highest BCUT2D eigenvalue weighted by atomic mass is 16.4. The first kappa shape index (κ1) is 12.9. The van der Waals surface area contributed by atoms with E-state index in [1.54, 1.807) is 12.3 Å². The Bertz CT molecular complexity index is 552. The maximum Gasteiger partial charge on any atom is 0.335 e. The average Bonchev–Trinajstić information content (AvgIpc) is 2.89. The molecule has 0 aliphatic heterocycles. The molecule has 2 rings (SSSR count). The molecule has 0 unspecified atom stereocenters. The minimum atomic E-state index is -0.975. The Morgan fingerprint density at radius 2 is 2.32 bits per heavy atom. The fourth-order valence-corrected chi connectivity index (χ4v) is 1.75. The normalized spacial score (nSPS) is 10.3. The monoisotopic (exact) mass is 260 g/mol. The van der Waals surface area contributed by atoms with Crippen LogP contribution in [0.5, 0.6) is 0 Å². The number of nitrogens with zero attached hydrogens (tertiary/aromatic N) is 2. The van der Waals surface area contributed by atoms with E-state index < -0.39 is 5.97 Å². The number of nitrogen functional groups attached to an aromatic ring is 1. The van der Waals surface area contributed by atoms with E-state index in [1.807, 2.05) is 16.9 Å². The Labute approximate surface area is 110 Å². The molecule has 1 aromatic carbocycles. The summed E-state index contributed by atoms with van der Waals surface area (Å²) in [5, 5.41) is 16.1. The Morgan fingerprint density at radius 3 is 2.95 bits per heavy atom. The summed E-state index contributed by atoms with van der Waals surface area (Å²) in [6.45, 7) is 1.57. The molecule has 0 aliphatic rings. The van der Waals surface area contributed by atoms with Crippen molar-refractivity contribution in [2.75, 3.05) is 17.6 Å². The lowest BCUT2D eigenvalue weighted by Crippen LogP contribution is -2.09. The van der Waals surface area contributed by atoms with Gasteiger partial charge in [0.15, 0.2) is 0 Å². The molecule has 4 N–H and O–H groups in total. The second kappa shape index (κ2) is 5.90. The van der Waals surface area contributed by atoms with Crippen LogP contribution in [0.25, 0.3) is 0 Å². The number of nitrogens with one attached hydrogen (secondary N) is 1. The molecule has 1 heterocycles. The molecule has 0 spiro atoms. The largest absolute Gasteiger partial charge is 0.478 e. The number of carbonyl (C=O) groups is 1. The van der Waals surface area contributed by atoms with Crippen molar-refractivity contribution in [2.24, 2.45) is 0 Å². The van der Waals surface area contributed by atoms with Gasteiger partial charge >= 0.3 is 5.97 Å². The molecular weight excluding hydrogens is 244 g/mol. The summed E-state index contributed by atoms with van der Waals surface area (Å²) in [6.07, 6.45) is 4.56. The van der Waals surface area contributed by atoms with Crippen molar-refractivity contribution in [1.29, 1.82) is 0 Å². The summed E-state index contributed by atoms with van der Waals surface area (Å²) in [6, 6.07) is 6.56. The quantitative estimate of drug-likeness (QED) is 0.542. The van der Waals surface area contributed by atoms with Crippen LogP contribution in [-0.2, 0) is 6.54 Å². The lowest BCUT2D eigenvalue weighted by Gasteiger charge is -2.10. The lowest BCUT2D eigenvalue weighted by molar-refractivity contribution is 0.0697. The second-order valence-electron chi connectivity index (χ2n) is 4.16. The number of hydrogen-bond donors (Lipinski definition) is 3. The number of nitrogens with two attached hydrogens (primary N) is 1. The van der Waals surface area contributed by atoms with Gasteiger partial charge in [-0.2, -0.15) is 5.10 Å². The zero-order chi connectivity index (χ0) is 13.7. The molecule has 6 heteroatoms. The molecule has 6 nitrogen and oxygen atoms in total. The number of rotatable bonds is 6. The molecule has 0 aliphatic carbocycles. The number of aryl methyl sites for hydroxylation is 1. The van der Waals surface area contributed by atoms with Gasteiger partial charge in [-0.15, -0.1) is 0 Å². The van der Waals surface area contributed by atoms with Crippen molar-refractivity contribution in [3.8, 4) is 0 Å². The van der Waals surface area contributed by atoms with Crippen LogP contribution in [0.15, 0.2) is 36.7 Å². The van der Waals surface area contributed by atoms with Crippen molar-refractivity contribution in [3.05, 3.63) is 42.2 Å². The molecule has 0 amide bonds. The van der Waals surface area contributed by atoms with E-state index in [0.29, 0.717) is 5.69 Å². The molecule has 2 aromatic rings. The number of carboxylic acid groups (broad SMARTS) is 1. The number of benzene rings is 1. The highest BCUT2D eigenvalue weighted by molar-refractivity contribution is 5.90. The number of carboxylic acids is 1. The average molecular weight is 260 g/mol. The summed E-state index contributed by atoms with van der Waals surface area (Å²) in [7, 11) is 0. The maximum absolute atomic E-state index is 10.8. The molecule has 100 valence electrons. The second-order valence-corrected chi connectivity index (χ2v) is 4.16. The minimum Gasteiger partial charge on any atom is -0.478 e. The van der Waals surface area contributed by atoms with Gasteiger partial charge in [-0.3, -0.25) is 4.68 Å². The van der Waals surface area contributed by atoms with E-state index >= 15 is 0 Å². The van der Waals surface area contributed by atoms with Gasteiger partial charge < -0.3 is 16.2 Å². The Hall–Kier alpha value is -2.50. The summed E-state index contributed by atoms with van der Waals surface area (Å²) in [5.41, 5.74) is 7.19. The molecule has 0 radical (unpaired) electrons. The van der Waals surface area contributed by atoms with E-state index in [4.69, 9.17) is 10.8 Å². The molecule has 1 aromatic heterocycles. The molecular formula is C13H16N4O2. The van der Waals surface area contributed by atoms with Crippen LogP contribution in [0.1, 0.15) is 16.8 Å². The van der Waals surface area contributed by atoms with Gasteiger partial charge in [0, 0.05) is 25.5 Å². The van der Waals surface area contributed by atoms with Gasteiger partial charge in [-0.25, -0.2) is 4.79 Å². The van der Waals surface area contributed by atoms with Gasteiger partial charge in [0.25, 0.3) is 0 Å². The van der Waals surface area contributed by atoms with E-state index in [2.05, 4.69) is 10.4 Å². The molecule has 0 saturated carbocycles. The zero-order valence-corrected chi connectivity index (χ0v) is 10.4. The number of hydrogen-bond acceptors (Lipinski definition) is 4. The molecule has 0 atom stereocenters. The third-order valence-corrected chi connectivity index (χ3v) is 2.74. The Balaban J connectivity index is 1.84. The number of anilines is 2. The lowest BCUT2D eigenvalue weighted by atomic mass is 10.1. The minimum absolute atomic E-state index is 0.194. The maximum atomic E-state index is 10.8. The third-order valence-electron chi connectivity index (χ3n) is 2.74. The standard InChI is InChI=1S/C13H16N4O2/c14-11-9-10(13(18)19)3-4-12(11)15-5-1-7-17-8-2-6-16-17/h2-4,6,8-9,15H,1,5,7,14H2,(H,18,19). The predicted octanol–water partition coefficient (Wildman–Crippen LogP) is 1.67. The first-order chi connectivity index (χ1) is 9.16. The van der Waals surface area contributed by atoms with Crippen LogP contribution in [0.2, 0.25) is 0 Å². The van der Waals surface area contributed by atoms with Crippen LogP contribution < -0.4 is 11.1 Å². The highest BCUT2D eigenvalue weighted by Crippen LogP contribution is 2.19. The predicted molar refractivity (Wildman–Crippen MR) is 73.1 cm³/mol. The van der Waals surface area contributed by atoms with Crippen LogP contribution >= 0.6 is 0 Å². The van der Waals surface area contributed by atoms with E-state index in [-0.39, 0.29) is 5.56 Å². The van der Waals surface area contributed by atoms with E-state index in [9.17, 15) is 4.79 Å². The van der Waals surface area contributed by atoms with Crippen molar-refractivity contribution >= 4 is 17.3 Å². The van der Waals surface area contributed by atoms with Crippen molar-refractivity contribution in [3.63, 3.8) is 0 Å².